The molecule has 5 rings (SSSR count). The van der Waals surface area contributed by atoms with Gasteiger partial charge in [-0.15, -0.1) is 21.5 Å². The number of hydrogen-bond acceptors (Lipinski definition) is 8. The fraction of sp³-hybridized carbons (Fsp3) is 0.0952. The highest BCUT2D eigenvalue weighted by molar-refractivity contribution is 7.99. The molecule has 0 saturated carbocycles. The van der Waals surface area contributed by atoms with E-state index in [2.05, 4.69) is 21.3 Å². The lowest BCUT2D eigenvalue weighted by atomic mass is 10.1. The highest BCUT2D eigenvalue weighted by Crippen LogP contribution is 2.31. The zero-order valence-electron chi connectivity index (χ0n) is 15.4. The Bertz CT molecular complexity index is 1400. The molecule has 0 aliphatic heterocycles. The number of hydrogen-bond donors (Lipinski definition) is 0. The Morgan fingerprint density at radius 1 is 1.13 bits per heavy atom. The number of fused-ring (bicyclic) bond motifs is 3. The minimum atomic E-state index is -0.886. The van der Waals surface area contributed by atoms with Gasteiger partial charge in [0.2, 0.25) is 4.96 Å². The van der Waals surface area contributed by atoms with Crippen molar-refractivity contribution >= 4 is 55.4 Å². The number of carbonyl (C=O) groups excluding carboxylic acids is 1. The van der Waals surface area contributed by atoms with Crippen LogP contribution in [0.5, 0.6) is 0 Å². The van der Waals surface area contributed by atoms with E-state index in [1.165, 1.54) is 23.1 Å². The van der Waals surface area contributed by atoms with Crippen LogP contribution < -0.4 is 0 Å². The largest absolute Gasteiger partial charge is 0.297 e. The molecule has 146 valence electrons. The average molecular weight is 448 g/mol. The van der Waals surface area contributed by atoms with Crippen LogP contribution in [0.1, 0.15) is 10.9 Å². The number of thiazole rings is 2. The van der Waals surface area contributed by atoms with Gasteiger partial charge in [0.25, 0.3) is 0 Å². The third-order valence-corrected chi connectivity index (χ3v) is 7.42. The predicted molar refractivity (Wildman–Crippen MR) is 120 cm³/mol. The maximum Gasteiger partial charge on any atom is 0.217 e. The summed E-state index contributed by atoms with van der Waals surface area (Å²) in [6.45, 7) is 0. The smallest absolute Gasteiger partial charge is 0.217 e. The van der Waals surface area contributed by atoms with Crippen LogP contribution in [0.15, 0.2) is 65.1 Å². The number of thioether (sulfide) groups is 1. The first-order valence-electron chi connectivity index (χ1n) is 9.03. The second-order valence-electron chi connectivity index (χ2n) is 6.42. The van der Waals surface area contributed by atoms with E-state index >= 15 is 0 Å². The molecule has 1 atom stereocenters. The molecule has 30 heavy (non-hydrogen) atoms. The van der Waals surface area contributed by atoms with E-state index in [1.807, 2.05) is 64.4 Å². The van der Waals surface area contributed by atoms with Crippen molar-refractivity contribution in [2.75, 3.05) is 5.75 Å². The Hall–Kier alpha value is -3.06. The Labute approximate surface area is 183 Å². The topological polar surface area (TPSA) is 83.9 Å². The number of nitriles is 1. The number of nitrogens with zero attached hydrogens (tertiary/aromatic N) is 5. The van der Waals surface area contributed by atoms with Gasteiger partial charge in [-0.05, 0) is 12.1 Å². The molecule has 0 amide bonds. The van der Waals surface area contributed by atoms with E-state index < -0.39 is 5.92 Å². The highest BCUT2D eigenvalue weighted by atomic mass is 32.2. The quantitative estimate of drug-likeness (QED) is 0.339. The van der Waals surface area contributed by atoms with Crippen molar-refractivity contribution in [3.8, 4) is 17.3 Å². The van der Waals surface area contributed by atoms with Crippen molar-refractivity contribution in [1.29, 1.82) is 5.26 Å². The standard InChI is InChI=1S/C21H13N5OS3/c22-10-14(19-23-15(11-28-19)13-6-2-1-3-7-13)17(27)12-29-20-24-25-21-26(20)16-8-4-5-9-18(16)30-21/h1-9,11,14H,12H2. The molecule has 0 N–H and O–H groups in total. The molecular weight excluding hydrogens is 434 g/mol. The van der Waals surface area contributed by atoms with E-state index in [4.69, 9.17) is 0 Å². The Morgan fingerprint density at radius 2 is 1.93 bits per heavy atom. The van der Waals surface area contributed by atoms with Gasteiger partial charge >= 0.3 is 0 Å². The van der Waals surface area contributed by atoms with E-state index in [-0.39, 0.29) is 11.5 Å². The van der Waals surface area contributed by atoms with Gasteiger partial charge in [-0.1, -0.05) is 65.6 Å². The molecule has 0 spiro atoms. The third kappa shape index (κ3) is 3.39. The molecule has 0 aliphatic rings. The molecule has 9 heteroatoms. The number of carbonyl (C=O) groups is 1. The third-order valence-electron chi connectivity index (χ3n) is 4.54. The predicted octanol–water partition coefficient (Wildman–Crippen LogP) is 5.04. The van der Waals surface area contributed by atoms with E-state index in [1.54, 1.807) is 11.3 Å². The molecular formula is C21H13N5OS3. The van der Waals surface area contributed by atoms with Gasteiger partial charge < -0.3 is 0 Å². The normalized spacial score (nSPS) is 12.2. The highest BCUT2D eigenvalue weighted by Gasteiger charge is 2.25. The fourth-order valence-corrected chi connectivity index (χ4v) is 5.86. The minimum absolute atomic E-state index is 0.128. The van der Waals surface area contributed by atoms with Crippen molar-refractivity contribution in [2.24, 2.45) is 0 Å². The second kappa shape index (κ2) is 7.99. The first-order chi connectivity index (χ1) is 14.7. The van der Waals surface area contributed by atoms with Gasteiger partial charge in [0.15, 0.2) is 16.9 Å². The zero-order valence-corrected chi connectivity index (χ0v) is 17.9. The first kappa shape index (κ1) is 18.9. The summed E-state index contributed by atoms with van der Waals surface area (Å²) in [5.74, 6) is -0.945. The van der Waals surface area contributed by atoms with Gasteiger partial charge in [0.05, 0.1) is 27.7 Å². The molecule has 0 bridgehead atoms. The molecule has 0 aliphatic carbocycles. The van der Waals surface area contributed by atoms with Gasteiger partial charge in [-0.3, -0.25) is 9.20 Å². The summed E-state index contributed by atoms with van der Waals surface area (Å²) in [7, 11) is 0. The summed E-state index contributed by atoms with van der Waals surface area (Å²) >= 11 is 4.19. The Balaban J connectivity index is 1.35. The monoisotopic (exact) mass is 447 g/mol. The summed E-state index contributed by atoms with van der Waals surface area (Å²) in [5, 5.41) is 21.1. The summed E-state index contributed by atoms with van der Waals surface area (Å²) in [5.41, 5.74) is 2.76. The molecule has 6 nitrogen and oxygen atoms in total. The van der Waals surface area contributed by atoms with E-state index in [9.17, 15) is 10.1 Å². The Morgan fingerprint density at radius 3 is 2.77 bits per heavy atom. The number of ketones is 1. The van der Waals surface area contributed by atoms with Gasteiger partial charge in [-0.2, -0.15) is 5.26 Å². The van der Waals surface area contributed by atoms with Crippen molar-refractivity contribution < 1.29 is 4.79 Å². The van der Waals surface area contributed by atoms with Gasteiger partial charge in [0, 0.05) is 10.9 Å². The van der Waals surface area contributed by atoms with Crippen LogP contribution in [0.25, 0.3) is 26.4 Å². The number of aromatic nitrogens is 4. The van der Waals surface area contributed by atoms with Crippen molar-refractivity contribution in [3.63, 3.8) is 0 Å². The summed E-state index contributed by atoms with van der Waals surface area (Å²) in [6, 6.07) is 19.8. The van der Waals surface area contributed by atoms with Crippen LogP contribution in [0, 0.1) is 11.3 Å². The fourth-order valence-electron chi connectivity index (χ4n) is 3.09. The molecule has 3 aromatic heterocycles. The van der Waals surface area contributed by atoms with Crippen LogP contribution in [0.3, 0.4) is 0 Å². The van der Waals surface area contributed by atoms with Crippen LogP contribution in [0.4, 0.5) is 0 Å². The molecule has 3 heterocycles. The van der Waals surface area contributed by atoms with E-state index in [0.29, 0.717) is 10.2 Å². The van der Waals surface area contributed by atoms with Crippen LogP contribution in [-0.4, -0.2) is 31.1 Å². The lowest BCUT2D eigenvalue weighted by Gasteiger charge is -2.04. The number of benzene rings is 2. The van der Waals surface area contributed by atoms with Gasteiger partial charge in [-0.25, -0.2) is 4.98 Å². The molecule has 2 aromatic carbocycles. The van der Waals surface area contributed by atoms with Crippen molar-refractivity contribution in [3.05, 3.63) is 65.0 Å². The maximum atomic E-state index is 12.8. The van der Waals surface area contributed by atoms with Gasteiger partial charge in [0.1, 0.15) is 5.01 Å². The molecule has 0 fully saturated rings. The number of rotatable bonds is 6. The first-order valence-corrected chi connectivity index (χ1v) is 11.7. The van der Waals surface area contributed by atoms with Crippen LogP contribution >= 0.6 is 34.4 Å². The molecule has 5 aromatic rings. The van der Waals surface area contributed by atoms with E-state index in [0.717, 1.165) is 26.4 Å². The zero-order chi connectivity index (χ0) is 20.5. The lowest BCUT2D eigenvalue weighted by Crippen LogP contribution is -2.13. The molecule has 1 unspecified atom stereocenters. The lowest BCUT2D eigenvalue weighted by molar-refractivity contribution is -0.116. The van der Waals surface area contributed by atoms with Crippen molar-refractivity contribution in [2.45, 2.75) is 11.1 Å². The molecule has 0 saturated heterocycles. The van der Waals surface area contributed by atoms with Crippen LogP contribution in [-0.2, 0) is 4.79 Å². The van der Waals surface area contributed by atoms with Crippen molar-refractivity contribution in [1.82, 2.24) is 19.6 Å². The second-order valence-corrected chi connectivity index (χ2v) is 9.27. The summed E-state index contributed by atoms with van der Waals surface area (Å²) < 4.78 is 3.07. The average Bonchev–Trinajstić information content (AvgIpc) is 3.49. The van der Waals surface area contributed by atoms with Crippen LogP contribution in [0.2, 0.25) is 0 Å². The number of Topliss-reactive ketones (excluding diaryl/α,β-unsaturated/α-hetero) is 1. The SMILES string of the molecule is N#CC(C(=O)CSc1nnc2sc3ccccc3n12)c1nc(-c2ccccc2)cs1. The number of para-hydroxylation sites is 1. The minimum Gasteiger partial charge on any atom is -0.297 e. The summed E-state index contributed by atoms with van der Waals surface area (Å²) in [4.78, 5) is 18.1. The maximum absolute atomic E-state index is 12.8. The Kier molecular flexibility index (Phi) is 5.04. The molecule has 0 radical (unpaired) electrons. The summed E-state index contributed by atoms with van der Waals surface area (Å²) in [6.07, 6.45) is 0.